The highest BCUT2D eigenvalue weighted by Gasteiger charge is 2.43. The second-order valence-corrected chi connectivity index (χ2v) is 16.4. The first-order valence-corrected chi connectivity index (χ1v) is 21.3. The van der Waals surface area contributed by atoms with Crippen molar-refractivity contribution in [2.75, 3.05) is 13.1 Å². The van der Waals surface area contributed by atoms with Gasteiger partial charge in [-0.15, -0.1) is 0 Å². The minimum atomic E-state index is 0.848. The summed E-state index contributed by atoms with van der Waals surface area (Å²) < 4.78 is 3.14. The molecular formula is C37H74I2N+. The number of rotatable bonds is 31. The van der Waals surface area contributed by atoms with Crippen LogP contribution >= 0.6 is 45.2 Å². The molecule has 1 rings (SSSR count). The third kappa shape index (κ3) is 20.4. The van der Waals surface area contributed by atoms with Gasteiger partial charge in [0.15, 0.2) is 0 Å². The summed E-state index contributed by atoms with van der Waals surface area (Å²) in [6, 6.07) is 0. The molecule has 0 saturated carbocycles. The standard InChI is InChI=1S/C37H74I2N/c1-3-5-7-9-11-13-15-16-17-18-19-21-23-25-27-29-33-37(39)40(34-30-31-35-40)36(38)32-28-26-24-22-20-14-12-10-8-6-4-2/h36-37H,3-35H2,1-2H3/q+1. The summed E-state index contributed by atoms with van der Waals surface area (Å²) in [7, 11) is 0. The van der Waals surface area contributed by atoms with Crippen molar-refractivity contribution in [1.29, 1.82) is 0 Å². The van der Waals surface area contributed by atoms with E-state index in [-0.39, 0.29) is 0 Å². The molecule has 0 N–H and O–H groups in total. The van der Waals surface area contributed by atoms with Crippen molar-refractivity contribution in [3.8, 4) is 0 Å². The van der Waals surface area contributed by atoms with E-state index < -0.39 is 0 Å². The molecule has 1 aliphatic rings. The van der Waals surface area contributed by atoms with Crippen LogP contribution in [-0.2, 0) is 0 Å². The molecule has 0 aromatic carbocycles. The first kappa shape index (κ1) is 39.4. The van der Waals surface area contributed by atoms with Gasteiger partial charge in [-0.1, -0.05) is 174 Å². The van der Waals surface area contributed by atoms with Crippen LogP contribution < -0.4 is 0 Å². The second kappa shape index (κ2) is 29.1. The number of alkyl halides is 2. The molecule has 0 amide bonds. The zero-order chi connectivity index (χ0) is 29.0. The lowest BCUT2D eigenvalue weighted by atomic mass is 10.0. The molecule has 3 heteroatoms. The fourth-order valence-corrected chi connectivity index (χ4v) is 10.4. The normalized spacial score (nSPS) is 16.5. The van der Waals surface area contributed by atoms with Gasteiger partial charge < -0.3 is 4.48 Å². The number of nitrogens with zero attached hydrogens (tertiary/aromatic N) is 1. The van der Waals surface area contributed by atoms with Crippen LogP contribution in [0.15, 0.2) is 0 Å². The molecule has 1 aliphatic heterocycles. The SMILES string of the molecule is CCCCCCCCCCCCCCCCCCC(I)[N+]1(C(I)CCCCCCCCCCCCC)CCCC1. The third-order valence-corrected chi connectivity index (χ3v) is 13.3. The van der Waals surface area contributed by atoms with E-state index in [1.807, 2.05) is 0 Å². The van der Waals surface area contributed by atoms with Gasteiger partial charge in [-0.2, -0.15) is 0 Å². The summed E-state index contributed by atoms with van der Waals surface area (Å²) in [6.07, 6.45) is 45.5. The van der Waals surface area contributed by atoms with E-state index in [0.29, 0.717) is 0 Å². The first-order chi connectivity index (χ1) is 19.7. The quantitative estimate of drug-likeness (QED) is 0.0216. The van der Waals surface area contributed by atoms with Crippen LogP contribution in [0, 0.1) is 0 Å². The minimum absolute atomic E-state index is 0.848. The predicted octanol–water partition coefficient (Wildman–Crippen LogP) is 14.5. The Hall–Kier alpha value is 1.42. The molecule has 0 aromatic rings. The summed E-state index contributed by atoms with van der Waals surface area (Å²) in [5.74, 6) is 0. The molecule has 40 heavy (non-hydrogen) atoms. The topological polar surface area (TPSA) is 0 Å². The van der Waals surface area contributed by atoms with Gasteiger partial charge in [0, 0.05) is 25.7 Å². The van der Waals surface area contributed by atoms with Crippen LogP contribution in [0.25, 0.3) is 0 Å². The Balaban J connectivity index is 2.01. The van der Waals surface area contributed by atoms with Crippen LogP contribution in [0.1, 0.15) is 213 Å². The monoisotopic (exact) mass is 786 g/mol. The average Bonchev–Trinajstić information content (AvgIpc) is 3.47. The average molecular weight is 787 g/mol. The Bertz CT molecular complexity index is 504. The Kier molecular flexibility index (Phi) is 28.7. The number of halogens is 2. The maximum atomic E-state index is 2.88. The lowest BCUT2D eigenvalue weighted by molar-refractivity contribution is -0.929. The third-order valence-electron chi connectivity index (χ3n) is 9.86. The van der Waals surface area contributed by atoms with E-state index in [9.17, 15) is 0 Å². The van der Waals surface area contributed by atoms with Gasteiger partial charge in [-0.3, -0.25) is 0 Å². The van der Waals surface area contributed by atoms with Crippen molar-refractivity contribution in [1.82, 2.24) is 0 Å². The molecule has 0 aliphatic carbocycles. The summed E-state index contributed by atoms with van der Waals surface area (Å²) in [5, 5.41) is 0. The number of hydrogen-bond donors (Lipinski definition) is 0. The number of hydrogen-bond acceptors (Lipinski definition) is 0. The van der Waals surface area contributed by atoms with Gasteiger partial charge in [0.25, 0.3) is 0 Å². The molecule has 240 valence electrons. The predicted molar refractivity (Wildman–Crippen MR) is 200 cm³/mol. The van der Waals surface area contributed by atoms with Crippen molar-refractivity contribution in [3.05, 3.63) is 0 Å². The summed E-state index contributed by atoms with van der Waals surface area (Å²) >= 11 is 5.75. The highest BCUT2D eigenvalue weighted by Crippen LogP contribution is 2.38. The van der Waals surface area contributed by atoms with Crippen molar-refractivity contribution in [2.24, 2.45) is 0 Å². The van der Waals surface area contributed by atoms with E-state index in [1.165, 1.54) is 217 Å². The van der Waals surface area contributed by atoms with E-state index in [4.69, 9.17) is 0 Å². The maximum absolute atomic E-state index is 2.88. The van der Waals surface area contributed by atoms with Crippen LogP contribution in [-0.4, -0.2) is 25.7 Å². The van der Waals surface area contributed by atoms with Crippen LogP contribution in [0.2, 0.25) is 0 Å². The van der Waals surface area contributed by atoms with Crippen LogP contribution in [0.3, 0.4) is 0 Å². The number of likely N-dealkylation sites (tertiary alicyclic amines) is 1. The highest BCUT2D eigenvalue weighted by atomic mass is 127. The van der Waals surface area contributed by atoms with Crippen LogP contribution in [0.4, 0.5) is 0 Å². The van der Waals surface area contributed by atoms with Crippen molar-refractivity contribution in [2.45, 2.75) is 221 Å². The lowest BCUT2D eigenvalue weighted by Crippen LogP contribution is -2.55. The zero-order valence-electron chi connectivity index (χ0n) is 27.7. The molecule has 1 nitrogen and oxygen atoms in total. The van der Waals surface area contributed by atoms with E-state index in [2.05, 4.69) is 59.0 Å². The van der Waals surface area contributed by atoms with E-state index in [1.54, 1.807) is 0 Å². The molecule has 0 spiro atoms. The van der Waals surface area contributed by atoms with Gasteiger partial charge in [0.05, 0.1) is 13.1 Å². The van der Waals surface area contributed by atoms with Gasteiger partial charge in [-0.05, 0) is 58.0 Å². The van der Waals surface area contributed by atoms with E-state index >= 15 is 0 Å². The molecule has 1 saturated heterocycles. The molecule has 1 fully saturated rings. The summed E-state index contributed by atoms with van der Waals surface area (Å²) in [4.78, 5) is 0. The molecular weight excluding hydrogens is 712 g/mol. The summed E-state index contributed by atoms with van der Waals surface area (Å²) in [5.41, 5.74) is 0. The number of unbranched alkanes of at least 4 members (excludes halogenated alkanes) is 25. The van der Waals surface area contributed by atoms with Crippen molar-refractivity contribution < 1.29 is 4.48 Å². The van der Waals surface area contributed by atoms with E-state index in [0.717, 1.165) is 8.10 Å². The van der Waals surface area contributed by atoms with Gasteiger partial charge in [0.1, 0.15) is 8.10 Å². The fraction of sp³-hybridized carbons (Fsp3) is 1.00. The second-order valence-electron chi connectivity index (χ2n) is 13.5. The highest BCUT2D eigenvalue weighted by molar-refractivity contribution is 14.1. The Morgan fingerprint density at radius 3 is 0.850 bits per heavy atom. The maximum Gasteiger partial charge on any atom is 0.140 e. The molecule has 2 atom stereocenters. The summed E-state index contributed by atoms with van der Waals surface area (Å²) in [6.45, 7) is 7.54. The fourth-order valence-electron chi connectivity index (χ4n) is 7.01. The number of quaternary nitrogens is 1. The first-order valence-electron chi connectivity index (χ1n) is 18.8. The Morgan fingerprint density at radius 1 is 0.375 bits per heavy atom. The van der Waals surface area contributed by atoms with Crippen LogP contribution in [0.5, 0.6) is 0 Å². The smallest absolute Gasteiger partial charge is 0.140 e. The molecule has 0 bridgehead atoms. The molecule has 0 aromatic heterocycles. The molecule has 0 radical (unpaired) electrons. The van der Waals surface area contributed by atoms with Gasteiger partial charge >= 0.3 is 0 Å². The minimum Gasteiger partial charge on any atom is -0.303 e. The molecule has 2 unspecified atom stereocenters. The zero-order valence-corrected chi connectivity index (χ0v) is 32.0. The largest absolute Gasteiger partial charge is 0.303 e. The van der Waals surface area contributed by atoms with Crippen molar-refractivity contribution >= 4 is 45.2 Å². The van der Waals surface area contributed by atoms with Crippen molar-refractivity contribution in [3.63, 3.8) is 0 Å². The molecule has 1 heterocycles. The Labute approximate surface area is 281 Å². The van der Waals surface area contributed by atoms with Gasteiger partial charge in [-0.25, -0.2) is 0 Å². The Morgan fingerprint density at radius 2 is 0.600 bits per heavy atom. The lowest BCUT2D eigenvalue weighted by Gasteiger charge is -2.43. The van der Waals surface area contributed by atoms with Gasteiger partial charge in [0.2, 0.25) is 0 Å².